The average Bonchev–Trinajstić information content (AvgIpc) is 3.26. The lowest BCUT2D eigenvalue weighted by Gasteiger charge is -2.19. The molecule has 2 aliphatic rings. The van der Waals surface area contributed by atoms with E-state index in [-0.39, 0.29) is 30.7 Å². The number of hydrogen-bond donors (Lipinski definition) is 2. The van der Waals surface area contributed by atoms with Crippen LogP contribution >= 0.6 is 24.8 Å². The number of nitrogens with one attached hydrogen (secondary N) is 2. The Bertz CT molecular complexity index is 776. The molecule has 1 amide bonds. The number of amides is 1. The van der Waals surface area contributed by atoms with Crippen molar-refractivity contribution in [1.82, 2.24) is 15.2 Å². The normalized spacial score (nSPS) is 20.0. The summed E-state index contributed by atoms with van der Waals surface area (Å²) in [4.78, 5) is 19.4. The molecule has 0 unspecified atom stereocenters. The quantitative estimate of drug-likeness (QED) is 0.769. The molecule has 2 N–H and O–H groups in total. The van der Waals surface area contributed by atoms with E-state index in [1.54, 1.807) is 6.20 Å². The number of carbonyl (C=O) groups excluding carboxylic acids is 1. The van der Waals surface area contributed by atoms with Gasteiger partial charge in [0.15, 0.2) is 0 Å². The lowest BCUT2D eigenvalue weighted by molar-refractivity contribution is 0.0782. The van der Waals surface area contributed by atoms with E-state index in [4.69, 9.17) is 4.74 Å². The van der Waals surface area contributed by atoms with Gasteiger partial charge in [0.25, 0.3) is 5.91 Å². The predicted molar refractivity (Wildman–Crippen MR) is 115 cm³/mol. The first-order valence-electron chi connectivity index (χ1n) is 9.19. The van der Waals surface area contributed by atoms with E-state index < -0.39 is 0 Å². The van der Waals surface area contributed by atoms with Crippen LogP contribution in [0.4, 0.5) is 11.5 Å². The van der Waals surface area contributed by atoms with Crippen molar-refractivity contribution in [2.45, 2.75) is 6.92 Å². The molecule has 28 heavy (non-hydrogen) atoms. The van der Waals surface area contributed by atoms with Gasteiger partial charge in [0.05, 0.1) is 12.2 Å². The summed E-state index contributed by atoms with van der Waals surface area (Å²) in [6, 6.07) is 11.3. The molecule has 2 aliphatic heterocycles. The Labute approximate surface area is 177 Å². The van der Waals surface area contributed by atoms with Gasteiger partial charge in [0.1, 0.15) is 11.6 Å². The van der Waals surface area contributed by atoms with Crippen LogP contribution in [-0.4, -0.2) is 48.6 Å². The average molecular weight is 425 g/mol. The summed E-state index contributed by atoms with van der Waals surface area (Å²) in [5.41, 5.74) is 1.50. The molecule has 1 aromatic carbocycles. The first-order valence-corrected chi connectivity index (χ1v) is 9.19. The number of carbonyl (C=O) groups is 1. The molecule has 0 spiro atoms. The third-order valence-corrected chi connectivity index (χ3v) is 5.14. The van der Waals surface area contributed by atoms with Crippen LogP contribution in [0.1, 0.15) is 17.3 Å². The van der Waals surface area contributed by atoms with Crippen molar-refractivity contribution in [2.24, 2.45) is 11.8 Å². The minimum absolute atomic E-state index is 0. The van der Waals surface area contributed by atoms with Crippen molar-refractivity contribution in [3.63, 3.8) is 0 Å². The maximum absolute atomic E-state index is 13.0. The van der Waals surface area contributed by atoms with E-state index in [0.717, 1.165) is 37.6 Å². The number of benzene rings is 1. The molecule has 0 aliphatic carbocycles. The van der Waals surface area contributed by atoms with Crippen molar-refractivity contribution >= 4 is 42.2 Å². The number of likely N-dealkylation sites (tertiary alicyclic amines) is 1. The zero-order valence-corrected chi connectivity index (χ0v) is 17.4. The Morgan fingerprint density at radius 1 is 1.18 bits per heavy atom. The van der Waals surface area contributed by atoms with Crippen LogP contribution in [0.3, 0.4) is 0 Å². The number of anilines is 2. The highest BCUT2D eigenvalue weighted by molar-refractivity contribution is 5.99. The molecule has 6 nitrogen and oxygen atoms in total. The van der Waals surface area contributed by atoms with Gasteiger partial charge in [-0.05, 0) is 55.2 Å². The van der Waals surface area contributed by atoms with Crippen molar-refractivity contribution < 1.29 is 9.53 Å². The molecule has 2 atom stereocenters. The molecular formula is C20H26Cl2N4O2. The van der Waals surface area contributed by atoms with Crippen molar-refractivity contribution in [1.29, 1.82) is 0 Å². The second-order valence-corrected chi connectivity index (χ2v) is 6.87. The van der Waals surface area contributed by atoms with E-state index in [0.29, 0.717) is 29.8 Å². The molecule has 2 aromatic rings. The van der Waals surface area contributed by atoms with Crippen molar-refractivity contribution in [2.75, 3.05) is 38.1 Å². The van der Waals surface area contributed by atoms with Gasteiger partial charge in [-0.3, -0.25) is 4.79 Å². The molecule has 4 rings (SSSR count). The predicted octanol–water partition coefficient (Wildman–Crippen LogP) is 3.36. The number of pyridine rings is 1. The molecule has 1 aromatic heterocycles. The Balaban J connectivity index is 0.00000140. The smallest absolute Gasteiger partial charge is 0.257 e. The molecule has 3 heterocycles. The summed E-state index contributed by atoms with van der Waals surface area (Å²) in [5.74, 6) is 2.64. The number of rotatable bonds is 5. The Morgan fingerprint density at radius 3 is 2.50 bits per heavy atom. The van der Waals surface area contributed by atoms with E-state index in [1.807, 2.05) is 48.2 Å². The SMILES string of the molecule is CCOc1ccc(Nc2ncccc2C(=O)N2C[C@H]3CNC[C@H]3C2)cc1.Cl.Cl. The molecule has 0 saturated carbocycles. The van der Waals surface area contributed by atoms with Gasteiger partial charge in [-0.2, -0.15) is 0 Å². The number of fused-ring (bicyclic) bond motifs is 1. The summed E-state index contributed by atoms with van der Waals surface area (Å²) < 4.78 is 5.47. The molecule has 2 fully saturated rings. The highest BCUT2D eigenvalue weighted by Crippen LogP contribution is 2.29. The van der Waals surface area contributed by atoms with Crippen LogP contribution in [-0.2, 0) is 0 Å². The highest BCUT2D eigenvalue weighted by atomic mass is 35.5. The molecule has 0 bridgehead atoms. The van der Waals surface area contributed by atoms with Crippen LogP contribution in [0, 0.1) is 11.8 Å². The fourth-order valence-corrected chi connectivity index (χ4v) is 3.81. The van der Waals surface area contributed by atoms with E-state index >= 15 is 0 Å². The summed E-state index contributed by atoms with van der Waals surface area (Å²) in [7, 11) is 0. The van der Waals surface area contributed by atoms with Gasteiger partial charge < -0.3 is 20.3 Å². The van der Waals surface area contributed by atoms with Crippen molar-refractivity contribution in [3.05, 3.63) is 48.2 Å². The van der Waals surface area contributed by atoms with Gasteiger partial charge >= 0.3 is 0 Å². The minimum Gasteiger partial charge on any atom is -0.494 e. The first kappa shape index (κ1) is 22.3. The van der Waals surface area contributed by atoms with Crippen LogP contribution in [0.25, 0.3) is 0 Å². The lowest BCUT2D eigenvalue weighted by Crippen LogP contribution is -2.32. The Kier molecular flexibility index (Phi) is 7.92. The van der Waals surface area contributed by atoms with Crippen LogP contribution in [0.2, 0.25) is 0 Å². The number of nitrogens with zero attached hydrogens (tertiary/aromatic N) is 2. The molecule has 2 saturated heterocycles. The van der Waals surface area contributed by atoms with Crippen LogP contribution in [0.15, 0.2) is 42.6 Å². The molecule has 152 valence electrons. The first-order chi connectivity index (χ1) is 12.7. The Hall–Kier alpha value is -2.02. The fourth-order valence-electron chi connectivity index (χ4n) is 3.81. The second kappa shape index (κ2) is 9.96. The third kappa shape index (κ3) is 4.69. The lowest BCUT2D eigenvalue weighted by atomic mass is 10.0. The van der Waals surface area contributed by atoms with E-state index in [9.17, 15) is 4.79 Å². The van der Waals surface area contributed by atoms with Gasteiger partial charge in [0, 0.05) is 38.1 Å². The molecular weight excluding hydrogens is 399 g/mol. The highest BCUT2D eigenvalue weighted by Gasteiger charge is 2.38. The number of ether oxygens (including phenoxy) is 1. The Morgan fingerprint density at radius 2 is 1.86 bits per heavy atom. The maximum Gasteiger partial charge on any atom is 0.257 e. The maximum atomic E-state index is 13.0. The standard InChI is InChI=1S/C20H24N4O2.2ClH/c1-2-26-17-7-5-16(6-8-17)23-19-18(4-3-9-22-19)20(25)24-12-14-10-21-11-15(14)13-24;;/h3-9,14-15,21H,2,10-13H2,1H3,(H,22,23);2*1H/t14-,15+;;. The summed E-state index contributed by atoms with van der Waals surface area (Å²) in [6.45, 7) is 6.28. The largest absolute Gasteiger partial charge is 0.494 e. The summed E-state index contributed by atoms with van der Waals surface area (Å²) in [6.07, 6.45) is 1.70. The fraction of sp³-hybridized carbons (Fsp3) is 0.400. The number of halogens is 2. The van der Waals surface area contributed by atoms with Gasteiger partial charge in [-0.25, -0.2) is 4.98 Å². The number of aromatic nitrogens is 1. The topological polar surface area (TPSA) is 66.5 Å². The minimum atomic E-state index is 0. The van der Waals surface area contributed by atoms with Gasteiger partial charge in [-0.15, -0.1) is 24.8 Å². The molecule has 0 radical (unpaired) electrons. The van der Waals surface area contributed by atoms with Crippen LogP contribution < -0.4 is 15.4 Å². The zero-order valence-electron chi connectivity index (χ0n) is 15.8. The second-order valence-electron chi connectivity index (χ2n) is 6.87. The van der Waals surface area contributed by atoms with Gasteiger partial charge in [-0.1, -0.05) is 0 Å². The van der Waals surface area contributed by atoms with Crippen LogP contribution in [0.5, 0.6) is 5.75 Å². The number of hydrogen-bond acceptors (Lipinski definition) is 5. The van der Waals surface area contributed by atoms with Gasteiger partial charge in [0.2, 0.25) is 0 Å². The van der Waals surface area contributed by atoms with E-state index in [2.05, 4.69) is 15.6 Å². The molecule has 8 heteroatoms. The van der Waals surface area contributed by atoms with E-state index in [1.165, 1.54) is 0 Å². The monoisotopic (exact) mass is 424 g/mol. The summed E-state index contributed by atoms with van der Waals surface area (Å²) in [5, 5.41) is 6.68. The summed E-state index contributed by atoms with van der Waals surface area (Å²) >= 11 is 0. The zero-order chi connectivity index (χ0) is 17.9. The third-order valence-electron chi connectivity index (χ3n) is 5.14. The van der Waals surface area contributed by atoms with Crippen molar-refractivity contribution in [3.8, 4) is 5.75 Å².